The third-order valence-corrected chi connectivity index (χ3v) is 4.25. The summed E-state index contributed by atoms with van der Waals surface area (Å²) in [6.07, 6.45) is 2.32. The van der Waals surface area contributed by atoms with Gasteiger partial charge in [-0.1, -0.05) is 32.4 Å². The molecule has 3 N–H and O–H groups in total. The molecule has 2 aromatic heterocycles. The number of imidazole rings is 1. The van der Waals surface area contributed by atoms with Crippen LogP contribution in [0.4, 0.5) is 0 Å². The largest absolute Gasteiger partial charge is 0.342 e. The Hall–Kier alpha value is -2.89. The first-order chi connectivity index (χ1) is 11.6. The van der Waals surface area contributed by atoms with Crippen molar-refractivity contribution in [3.63, 3.8) is 0 Å². The van der Waals surface area contributed by atoms with Gasteiger partial charge >= 0.3 is 0 Å². The van der Waals surface area contributed by atoms with Crippen molar-refractivity contribution in [2.75, 3.05) is 0 Å². The number of carbonyl (C=O) groups excluding carboxylic acids is 1. The molecule has 3 aromatic rings. The molecule has 0 fully saturated rings. The Labute approximate surface area is 139 Å². The molecule has 2 heterocycles. The van der Waals surface area contributed by atoms with Crippen molar-refractivity contribution in [1.29, 1.82) is 0 Å². The first-order valence-corrected chi connectivity index (χ1v) is 8.02. The van der Waals surface area contributed by atoms with Crippen LogP contribution in [0.1, 0.15) is 42.5 Å². The molecule has 2 atom stereocenters. The predicted octanol–water partition coefficient (Wildman–Crippen LogP) is 2.77. The maximum Gasteiger partial charge on any atom is 0.253 e. The van der Waals surface area contributed by atoms with Crippen molar-refractivity contribution >= 4 is 16.9 Å². The van der Waals surface area contributed by atoms with Gasteiger partial charge in [0.2, 0.25) is 5.56 Å². The number of pyridine rings is 1. The number of nitrogens with one attached hydrogen (secondary N) is 3. The Bertz CT molecular complexity index is 859. The van der Waals surface area contributed by atoms with Crippen LogP contribution in [0.5, 0.6) is 0 Å². The van der Waals surface area contributed by atoms with Crippen molar-refractivity contribution in [1.82, 2.24) is 20.3 Å². The molecule has 1 aromatic carbocycles. The van der Waals surface area contributed by atoms with Crippen LogP contribution in [0.15, 0.2) is 47.4 Å². The number of carbonyl (C=O) groups is 1. The van der Waals surface area contributed by atoms with Gasteiger partial charge in [0.05, 0.1) is 22.6 Å². The molecule has 3 rings (SSSR count). The van der Waals surface area contributed by atoms with Crippen LogP contribution >= 0.6 is 0 Å². The third kappa shape index (κ3) is 3.22. The number of benzene rings is 1. The first-order valence-electron chi connectivity index (χ1n) is 8.02. The molecular formula is C18H20N4O2. The zero-order chi connectivity index (χ0) is 17.1. The monoisotopic (exact) mass is 324 g/mol. The van der Waals surface area contributed by atoms with E-state index in [4.69, 9.17) is 0 Å². The van der Waals surface area contributed by atoms with Gasteiger partial charge in [-0.3, -0.25) is 9.59 Å². The van der Waals surface area contributed by atoms with Crippen molar-refractivity contribution in [3.05, 3.63) is 64.3 Å². The number of amides is 1. The minimum Gasteiger partial charge on any atom is -0.342 e. The lowest BCUT2D eigenvalue weighted by molar-refractivity contribution is 0.0920. The molecule has 0 radical (unpaired) electrons. The van der Waals surface area contributed by atoms with E-state index in [1.807, 2.05) is 24.3 Å². The van der Waals surface area contributed by atoms with E-state index in [1.165, 1.54) is 18.3 Å². The predicted molar refractivity (Wildman–Crippen MR) is 92.8 cm³/mol. The average molecular weight is 324 g/mol. The maximum atomic E-state index is 12.5. The highest BCUT2D eigenvalue weighted by Gasteiger charge is 2.24. The average Bonchev–Trinajstić information content (AvgIpc) is 3.03. The molecule has 124 valence electrons. The van der Waals surface area contributed by atoms with Crippen molar-refractivity contribution in [2.24, 2.45) is 5.92 Å². The van der Waals surface area contributed by atoms with Gasteiger partial charge in [-0.2, -0.15) is 0 Å². The minimum absolute atomic E-state index is 0.206. The highest BCUT2D eigenvalue weighted by atomic mass is 16.2. The topological polar surface area (TPSA) is 90.6 Å². The number of fused-ring (bicyclic) bond motifs is 1. The van der Waals surface area contributed by atoms with Gasteiger partial charge in [-0.25, -0.2) is 4.98 Å². The number of para-hydroxylation sites is 2. The van der Waals surface area contributed by atoms with E-state index in [1.54, 1.807) is 0 Å². The smallest absolute Gasteiger partial charge is 0.253 e. The third-order valence-electron chi connectivity index (χ3n) is 4.25. The second-order valence-electron chi connectivity index (χ2n) is 5.92. The van der Waals surface area contributed by atoms with Crippen molar-refractivity contribution < 1.29 is 4.79 Å². The van der Waals surface area contributed by atoms with Gasteiger partial charge < -0.3 is 15.3 Å². The minimum atomic E-state index is -0.239. The number of rotatable bonds is 5. The summed E-state index contributed by atoms with van der Waals surface area (Å²) in [4.78, 5) is 34.1. The number of H-pyrrole nitrogens is 2. The highest BCUT2D eigenvalue weighted by molar-refractivity contribution is 5.94. The van der Waals surface area contributed by atoms with Crippen LogP contribution < -0.4 is 10.9 Å². The standard InChI is InChI=1S/C18H20N4O2/c1-3-11(2)16(17-20-13-6-4-5-7-14(13)21-17)22-18(24)12-8-9-15(23)19-10-12/h4-11,16H,3H2,1-2H3,(H,19,23)(H,20,21)(H,22,24)/t11-,16+/m0/s1. The number of aromatic amines is 2. The lowest BCUT2D eigenvalue weighted by Gasteiger charge is -2.22. The van der Waals surface area contributed by atoms with E-state index >= 15 is 0 Å². The summed E-state index contributed by atoms with van der Waals surface area (Å²) < 4.78 is 0. The van der Waals surface area contributed by atoms with Crippen LogP contribution in [-0.2, 0) is 0 Å². The Morgan fingerprint density at radius 3 is 2.71 bits per heavy atom. The highest BCUT2D eigenvalue weighted by Crippen LogP contribution is 2.24. The van der Waals surface area contributed by atoms with Crippen molar-refractivity contribution in [2.45, 2.75) is 26.3 Å². The van der Waals surface area contributed by atoms with Gasteiger partial charge in [0, 0.05) is 12.3 Å². The second-order valence-corrected chi connectivity index (χ2v) is 5.92. The molecule has 0 aliphatic heterocycles. The fraction of sp³-hybridized carbons (Fsp3) is 0.278. The van der Waals surface area contributed by atoms with Crippen molar-refractivity contribution in [3.8, 4) is 0 Å². The molecular weight excluding hydrogens is 304 g/mol. The molecule has 0 unspecified atom stereocenters. The van der Waals surface area contributed by atoms with E-state index in [2.05, 4.69) is 34.1 Å². The quantitative estimate of drug-likeness (QED) is 0.674. The normalized spacial score (nSPS) is 13.6. The summed E-state index contributed by atoms with van der Waals surface area (Å²) in [6, 6.07) is 10.4. The summed E-state index contributed by atoms with van der Waals surface area (Å²) >= 11 is 0. The summed E-state index contributed by atoms with van der Waals surface area (Å²) in [5.41, 5.74) is 2.00. The first kappa shape index (κ1) is 16.0. The van der Waals surface area contributed by atoms with E-state index in [0.717, 1.165) is 23.3 Å². The zero-order valence-electron chi connectivity index (χ0n) is 13.7. The van der Waals surface area contributed by atoms with E-state index in [-0.39, 0.29) is 23.4 Å². The summed E-state index contributed by atoms with van der Waals surface area (Å²) in [5, 5.41) is 3.03. The second kappa shape index (κ2) is 6.70. The van der Waals surface area contributed by atoms with Crippen LogP contribution in [0.2, 0.25) is 0 Å². The molecule has 24 heavy (non-hydrogen) atoms. The molecule has 6 heteroatoms. The van der Waals surface area contributed by atoms with Crippen LogP contribution in [0, 0.1) is 5.92 Å². The van der Waals surface area contributed by atoms with E-state index < -0.39 is 0 Å². The van der Waals surface area contributed by atoms with Gasteiger partial charge in [-0.05, 0) is 24.1 Å². The van der Waals surface area contributed by atoms with Gasteiger partial charge in [0.25, 0.3) is 5.91 Å². The summed E-state index contributed by atoms with van der Waals surface area (Å²) in [5.74, 6) is 0.706. The van der Waals surface area contributed by atoms with Gasteiger partial charge in [0.1, 0.15) is 5.82 Å². The van der Waals surface area contributed by atoms with E-state index in [9.17, 15) is 9.59 Å². The van der Waals surface area contributed by atoms with Gasteiger partial charge in [0.15, 0.2) is 0 Å². The van der Waals surface area contributed by atoms with Crippen LogP contribution in [-0.4, -0.2) is 20.9 Å². The van der Waals surface area contributed by atoms with Crippen LogP contribution in [0.3, 0.4) is 0 Å². The number of hydrogen-bond acceptors (Lipinski definition) is 3. The Morgan fingerprint density at radius 1 is 1.25 bits per heavy atom. The lowest BCUT2D eigenvalue weighted by atomic mass is 9.98. The molecule has 0 aliphatic carbocycles. The van der Waals surface area contributed by atoms with Crippen LogP contribution in [0.25, 0.3) is 11.0 Å². The molecule has 0 bridgehead atoms. The number of aromatic nitrogens is 3. The van der Waals surface area contributed by atoms with E-state index in [0.29, 0.717) is 5.56 Å². The molecule has 0 spiro atoms. The molecule has 1 amide bonds. The van der Waals surface area contributed by atoms with Gasteiger partial charge in [-0.15, -0.1) is 0 Å². The Kier molecular flexibility index (Phi) is 4.46. The Balaban J connectivity index is 1.90. The maximum absolute atomic E-state index is 12.5. The summed E-state index contributed by atoms with van der Waals surface area (Å²) in [6.45, 7) is 4.15. The molecule has 0 saturated heterocycles. The SMILES string of the molecule is CC[C@H](C)[C@@H](NC(=O)c1ccc(=O)[nH]c1)c1nc2ccccc2[nH]1. The molecule has 0 aliphatic rings. The lowest BCUT2D eigenvalue weighted by Crippen LogP contribution is -2.33. The Morgan fingerprint density at radius 2 is 2.04 bits per heavy atom. The fourth-order valence-electron chi connectivity index (χ4n) is 2.61. The molecule has 0 saturated carbocycles. The summed E-state index contributed by atoms with van der Waals surface area (Å²) in [7, 11) is 0. The zero-order valence-corrected chi connectivity index (χ0v) is 13.7. The number of nitrogens with zero attached hydrogens (tertiary/aromatic N) is 1. The molecule has 6 nitrogen and oxygen atoms in total. The number of hydrogen-bond donors (Lipinski definition) is 3. The fourth-order valence-corrected chi connectivity index (χ4v) is 2.61.